The Morgan fingerprint density at radius 3 is 2.35 bits per heavy atom. The van der Waals surface area contributed by atoms with Gasteiger partial charge in [-0.25, -0.2) is 0 Å². The highest BCUT2D eigenvalue weighted by Crippen LogP contribution is 2.20. The minimum absolute atomic E-state index is 0.0366. The number of Topliss-reactive ketones (excluding diaryl/α,β-unsaturated/α-hetero) is 1. The van der Waals surface area contributed by atoms with Crippen LogP contribution in [0.2, 0.25) is 0 Å². The van der Waals surface area contributed by atoms with Crippen LogP contribution in [-0.2, 0) is 25.7 Å². The van der Waals surface area contributed by atoms with Crippen LogP contribution in [0.4, 0.5) is 0 Å². The predicted octanol–water partition coefficient (Wildman–Crippen LogP) is -0.653. The fraction of sp³-hybridized carbons (Fsp3) is 0.524. The number of likely N-dealkylation sites (tertiary alicyclic amines) is 1. The van der Waals surface area contributed by atoms with Crippen LogP contribution >= 0.6 is 0 Å². The maximum atomic E-state index is 12.7. The number of hydrogen-bond donors (Lipinski definition) is 5. The Kier molecular flexibility index (Phi) is 11.4. The molecule has 1 aromatic rings. The molecule has 0 saturated carbocycles. The number of hydrogen-bond acceptors (Lipinski definition) is 7. The van der Waals surface area contributed by atoms with Gasteiger partial charge >= 0.3 is 0 Å². The number of benzene rings is 1. The zero-order valence-electron chi connectivity index (χ0n) is 17.8. The molecule has 1 fully saturated rings. The molecule has 0 radical (unpaired) electrons. The molecule has 8 N–H and O–H groups in total. The first-order valence-corrected chi connectivity index (χ1v) is 10.2. The Morgan fingerprint density at radius 2 is 1.77 bits per heavy atom. The summed E-state index contributed by atoms with van der Waals surface area (Å²) in [6.45, 7) is 2.22. The van der Waals surface area contributed by atoms with Gasteiger partial charge in [0.05, 0.1) is 18.1 Å². The number of aliphatic carboxylic acids is 1. The summed E-state index contributed by atoms with van der Waals surface area (Å²) in [6, 6.07) is 7.14. The summed E-state index contributed by atoms with van der Waals surface area (Å²) in [4.78, 5) is 47.5. The third-order valence-electron chi connectivity index (χ3n) is 4.78. The van der Waals surface area contributed by atoms with Crippen molar-refractivity contribution in [2.75, 3.05) is 13.1 Å². The largest absolute Gasteiger partial charge is 0.481 e. The van der Waals surface area contributed by atoms with Crippen LogP contribution in [0.25, 0.3) is 0 Å². The molecule has 1 unspecified atom stereocenters. The van der Waals surface area contributed by atoms with E-state index in [9.17, 15) is 14.4 Å². The number of nitrogens with zero attached hydrogens (tertiary/aromatic N) is 1. The van der Waals surface area contributed by atoms with Gasteiger partial charge in [-0.15, -0.1) is 0 Å². The number of carbonyl (C=O) groups is 4. The lowest BCUT2D eigenvalue weighted by atomic mass is 9.97. The molecule has 2 rings (SSSR count). The lowest BCUT2D eigenvalue weighted by Gasteiger charge is -2.26. The summed E-state index contributed by atoms with van der Waals surface area (Å²) < 4.78 is 0. The van der Waals surface area contributed by atoms with E-state index in [2.05, 4.69) is 5.32 Å². The fourth-order valence-corrected chi connectivity index (χ4v) is 3.29. The van der Waals surface area contributed by atoms with Gasteiger partial charge < -0.3 is 32.5 Å². The second-order valence-electron chi connectivity index (χ2n) is 7.36. The molecule has 1 saturated heterocycles. The van der Waals surface area contributed by atoms with Crippen LogP contribution in [0.3, 0.4) is 0 Å². The van der Waals surface area contributed by atoms with Gasteiger partial charge in [0, 0.05) is 33.0 Å². The van der Waals surface area contributed by atoms with Crippen LogP contribution in [0.1, 0.15) is 38.2 Å². The molecule has 10 nitrogen and oxygen atoms in total. The van der Waals surface area contributed by atoms with E-state index in [4.69, 9.17) is 27.1 Å². The average molecular weight is 436 g/mol. The molecule has 0 aliphatic carbocycles. The summed E-state index contributed by atoms with van der Waals surface area (Å²) in [5.74, 6) is -1.57. The summed E-state index contributed by atoms with van der Waals surface area (Å²) in [5, 5.41) is 10.2. The summed E-state index contributed by atoms with van der Waals surface area (Å²) in [7, 11) is 0. The Morgan fingerprint density at radius 1 is 1.16 bits per heavy atom. The number of carboxylic acids is 1. The highest BCUT2D eigenvalue weighted by molar-refractivity contribution is 5.93. The highest BCUT2D eigenvalue weighted by atomic mass is 16.4. The number of nitrogens with two attached hydrogens (primary N) is 3. The zero-order chi connectivity index (χ0) is 23.4. The second-order valence-corrected chi connectivity index (χ2v) is 7.36. The molecule has 0 bridgehead atoms. The van der Waals surface area contributed by atoms with Crippen molar-refractivity contribution < 1.29 is 24.3 Å². The molecular weight excluding hydrogens is 402 g/mol. The molecule has 0 spiro atoms. The van der Waals surface area contributed by atoms with E-state index in [1.807, 2.05) is 30.3 Å². The van der Waals surface area contributed by atoms with Crippen LogP contribution in [-0.4, -0.2) is 64.8 Å². The topological polar surface area (TPSA) is 182 Å². The third kappa shape index (κ3) is 9.24. The second kappa shape index (κ2) is 13.5. The number of carboxylic acid groups (broad SMARTS) is 1. The smallest absolute Gasteiger partial charge is 0.300 e. The summed E-state index contributed by atoms with van der Waals surface area (Å²) in [6.07, 6.45) is 1.58. The normalized spacial score (nSPS) is 17.2. The number of rotatable bonds is 9. The Balaban J connectivity index is 0.00000110. The quantitative estimate of drug-likeness (QED) is 0.339. The summed E-state index contributed by atoms with van der Waals surface area (Å²) >= 11 is 0. The van der Waals surface area contributed by atoms with Gasteiger partial charge in [0.25, 0.3) is 5.97 Å². The Labute approximate surface area is 182 Å². The number of nitrogens with one attached hydrogen (secondary N) is 1. The van der Waals surface area contributed by atoms with Crippen LogP contribution in [0.5, 0.6) is 0 Å². The van der Waals surface area contributed by atoms with E-state index in [0.29, 0.717) is 19.5 Å². The van der Waals surface area contributed by atoms with Crippen molar-refractivity contribution in [1.82, 2.24) is 10.2 Å². The maximum absolute atomic E-state index is 12.7. The first-order chi connectivity index (χ1) is 14.7. The fourth-order valence-electron chi connectivity index (χ4n) is 3.29. The first kappa shape index (κ1) is 26.2. The third-order valence-corrected chi connectivity index (χ3v) is 4.78. The van der Waals surface area contributed by atoms with Crippen molar-refractivity contribution in [3.8, 4) is 0 Å². The van der Waals surface area contributed by atoms with Crippen molar-refractivity contribution in [2.45, 2.75) is 57.3 Å². The van der Waals surface area contributed by atoms with Gasteiger partial charge in [0.15, 0.2) is 5.78 Å². The summed E-state index contributed by atoms with van der Waals surface area (Å²) in [5.41, 5.74) is 18.3. The monoisotopic (exact) mass is 435 g/mol. The molecule has 3 atom stereocenters. The predicted molar refractivity (Wildman–Crippen MR) is 116 cm³/mol. The standard InChI is InChI=1S/C19H29N5O3.C2H4O2/c20-9-8-17(25)24-10-4-7-16(24)18(26)14(21)11-15(22)19(27)23-12-13-5-2-1-3-6-13;1-2(3)4/h1-3,5-6,14-16H,4,7-12,20-22H2,(H,23,27);1H3,(H,3,4)/t14?,15-,16-;/m0./s1. The van der Waals surface area contributed by atoms with Crippen molar-refractivity contribution in [3.63, 3.8) is 0 Å². The molecule has 172 valence electrons. The van der Waals surface area contributed by atoms with E-state index in [1.165, 1.54) is 0 Å². The lowest BCUT2D eigenvalue weighted by molar-refractivity contribution is -0.138. The van der Waals surface area contributed by atoms with Gasteiger partial charge in [0.1, 0.15) is 0 Å². The number of ketones is 1. The van der Waals surface area contributed by atoms with Gasteiger partial charge in [-0.2, -0.15) is 0 Å². The molecular formula is C21H33N5O5. The van der Waals surface area contributed by atoms with Gasteiger partial charge in [-0.3, -0.25) is 19.2 Å². The molecule has 1 aliphatic heterocycles. The van der Waals surface area contributed by atoms with Crippen molar-refractivity contribution in [3.05, 3.63) is 35.9 Å². The van der Waals surface area contributed by atoms with Crippen LogP contribution < -0.4 is 22.5 Å². The molecule has 1 heterocycles. The van der Waals surface area contributed by atoms with E-state index in [1.54, 1.807) is 4.90 Å². The van der Waals surface area contributed by atoms with Crippen molar-refractivity contribution in [2.24, 2.45) is 17.2 Å². The van der Waals surface area contributed by atoms with E-state index >= 15 is 0 Å². The molecule has 1 aliphatic rings. The van der Waals surface area contributed by atoms with Crippen molar-refractivity contribution in [1.29, 1.82) is 0 Å². The highest BCUT2D eigenvalue weighted by Gasteiger charge is 2.36. The lowest BCUT2D eigenvalue weighted by Crippen LogP contribution is -2.51. The van der Waals surface area contributed by atoms with Gasteiger partial charge in [-0.1, -0.05) is 30.3 Å². The minimum Gasteiger partial charge on any atom is -0.481 e. The molecule has 0 aromatic heterocycles. The van der Waals surface area contributed by atoms with Crippen molar-refractivity contribution >= 4 is 23.6 Å². The molecule has 10 heteroatoms. The van der Waals surface area contributed by atoms with Gasteiger partial charge in [0.2, 0.25) is 11.8 Å². The molecule has 31 heavy (non-hydrogen) atoms. The average Bonchev–Trinajstić information content (AvgIpc) is 3.21. The van der Waals surface area contributed by atoms with E-state index < -0.39 is 24.1 Å². The van der Waals surface area contributed by atoms with Crippen LogP contribution in [0, 0.1) is 0 Å². The van der Waals surface area contributed by atoms with E-state index in [-0.39, 0.29) is 37.0 Å². The van der Waals surface area contributed by atoms with Gasteiger partial charge in [-0.05, 0) is 24.8 Å². The number of carbonyl (C=O) groups excluding carboxylic acids is 3. The SMILES string of the molecule is CC(=O)O.NCCC(=O)N1CCC[C@H]1C(=O)C(N)C[C@H](N)C(=O)NCc1ccccc1. The van der Waals surface area contributed by atoms with E-state index in [0.717, 1.165) is 18.9 Å². The maximum Gasteiger partial charge on any atom is 0.300 e. The molecule has 1 aromatic carbocycles. The number of amides is 2. The zero-order valence-corrected chi connectivity index (χ0v) is 17.8. The van der Waals surface area contributed by atoms with Crippen LogP contribution in [0.15, 0.2) is 30.3 Å². The minimum atomic E-state index is -0.890. The first-order valence-electron chi connectivity index (χ1n) is 10.2. The Bertz CT molecular complexity index is 739. The molecule has 2 amide bonds. The Hall–Kier alpha value is -2.82.